The first kappa shape index (κ1) is 21.7. The molecule has 1 aliphatic rings. The second-order valence-corrected chi connectivity index (χ2v) is 8.17. The van der Waals surface area contributed by atoms with Crippen LogP contribution in [0.1, 0.15) is 30.2 Å². The van der Waals surface area contributed by atoms with E-state index in [4.69, 9.17) is 14.5 Å². The van der Waals surface area contributed by atoms with Crippen LogP contribution in [0, 0.1) is 13.8 Å². The highest BCUT2D eigenvalue weighted by Crippen LogP contribution is 2.17. The van der Waals surface area contributed by atoms with Crippen molar-refractivity contribution in [2.75, 3.05) is 39.5 Å². The number of carbonyl (C=O) groups excluding carboxylic acids is 1. The van der Waals surface area contributed by atoms with E-state index in [0.717, 1.165) is 62.0 Å². The van der Waals surface area contributed by atoms with Crippen LogP contribution in [0.4, 0.5) is 5.69 Å². The summed E-state index contributed by atoms with van der Waals surface area (Å²) in [7, 11) is 0. The van der Waals surface area contributed by atoms with E-state index in [-0.39, 0.29) is 12.4 Å². The zero-order valence-corrected chi connectivity index (χ0v) is 18.5. The van der Waals surface area contributed by atoms with Gasteiger partial charge in [0.2, 0.25) is 0 Å². The van der Waals surface area contributed by atoms with Gasteiger partial charge < -0.3 is 14.0 Å². The maximum absolute atomic E-state index is 12.1. The highest BCUT2D eigenvalue weighted by Gasteiger charge is 2.13. The van der Waals surface area contributed by atoms with Gasteiger partial charge in [0, 0.05) is 37.3 Å². The Kier molecular flexibility index (Phi) is 8.03. The van der Waals surface area contributed by atoms with Crippen molar-refractivity contribution in [3.8, 4) is 0 Å². The van der Waals surface area contributed by atoms with Crippen LogP contribution in [0.3, 0.4) is 0 Å². The number of benzene rings is 1. The maximum atomic E-state index is 12.1. The Morgan fingerprint density at radius 2 is 2.00 bits per heavy atom. The number of morpholine rings is 1. The summed E-state index contributed by atoms with van der Waals surface area (Å²) in [5.74, 6) is -0.190. The third-order valence-corrected chi connectivity index (χ3v) is 6.10. The van der Waals surface area contributed by atoms with Crippen molar-refractivity contribution >= 4 is 23.0 Å². The van der Waals surface area contributed by atoms with E-state index in [2.05, 4.69) is 35.4 Å². The van der Waals surface area contributed by atoms with Crippen molar-refractivity contribution in [3.63, 3.8) is 0 Å². The van der Waals surface area contributed by atoms with E-state index >= 15 is 0 Å². The molecule has 2 aromatic rings. The molecule has 0 bridgehead atoms. The largest absolute Gasteiger partial charge is 0.466 e. The van der Waals surface area contributed by atoms with Crippen molar-refractivity contribution in [1.82, 2.24) is 9.47 Å². The fourth-order valence-electron chi connectivity index (χ4n) is 3.38. The summed E-state index contributed by atoms with van der Waals surface area (Å²) < 4.78 is 12.8. The quantitative estimate of drug-likeness (QED) is 0.619. The lowest BCUT2D eigenvalue weighted by Gasteiger charge is -2.26. The average Bonchev–Trinajstić information content (AvgIpc) is 3.07. The van der Waals surface area contributed by atoms with Crippen molar-refractivity contribution in [3.05, 3.63) is 45.2 Å². The van der Waals surface area contributed by atoms with Crippen LogP contribution < -0.4 is 4.80 Å². The first-order chi connectivity index (χ1) is 14.1. The molecule has 1 aromatic heterocycles. The number of aromatic nitrogens is 1. The zero-order chi connectivity index (χ0) is 20.6. The molecule has 3 rings (SSSR count). The van der Waals surface area contributed by atoms with Gasteiger partial charge >= 0.3 is 5.97 Å². The number of esters is 1. The maximum Gasteiger partial charge on any atom is 0.311 e. The van der Waals surface area contributed by atoms with Crippen molar-refractivity contribution < 1.29 is 14.3 Å². The Balaban J connectivity index is 1.80. The van der Waals surface area contributed by atoms with Gasteiger partial charge in [0.15, 0.2) is 4.80 Å². The topological polar surface area (TPSA) is 56.1 Å². The number of ether oxygens (including phenoxy) is 2. The molecule has 1 fully saturated rings. The van der Waals surface area contributed by atoms with Gasteiger partial charge in [-0.2, -0.15) is 0 Å². The van der Waals surface area contributed by atoms with Crippen LogP contribution in [0.25, 0.3) is 0 Å². The molecule has 1 aromatic carbocycles. The Labute approximate surface area is 176 Å². The fraction of sp³-hybridized carbons (Fsp3) is 0.545. The number of thiazole rings is 1. The molecule has 0 atom stereocenters. The smallest absolute Gasteiger partial charge is 0.311 e. The molecule has 29 heavy (non-hydrogen) atoms. The summed E-state index contributed by atoms with van der Waals surface area (Å²) in [6.07, 6.45) is 1.29. The number of carbonyl (C=O) groups is 1. The normalized spacial score (nSPS) is 15.6. The summed E-state index contributed by atoms with van der Waals surface area (Å²) in [4.78, 5) is 20.3. The minimum absolute atomic E-state index is 0.190. The highest BCUT2D eigenvalue weighted by atomic mass is 32.1. The Bertz CT molecular complexity index is 882. The second-order valence-electron chi connectivity index (χ2n) is 7.33. The molecule has 0 spiro atoms. The van der Waals surface area contributed by atoms with Gasteiger partial charge in [0.05, 0.1) is 31.9 Å². The Hall–Kier alpha value is -1.96. The summed E-state index contributed by atoms with van der Waals surface area (Å²) >= 11 is 1.58. The second kappa shape index (κ2) is 10.7. The number of aryl methyl sites for hydroxylation is 2. The summed E-state index contributed by atoms with van der Waals surface area (Å²) in [5.41, 5.74) is 4.41. The van der Waals surface area contributed by atoms with Crippen molar-refractivity contribution in [1.29, 1.82) is 0 Å². The third kappa shape index (κ3) is 6.26. The summed E-state index contributed by atoms with van der Waals surface area (Å²) in [6.45, 7) is 11.9. The van der Waals surface area contributed by atoms with Crippen LogP contribution in [0.2, 0.25) is 0 Å². The lowest BCUT2D eigenvalue weighted by molar-refractivity contribution is -0.142. The van der Waals surface area contributed by atoms with Crippen LogP contribution >= 0.6 is 11.3 Å². The number of nitrogens with zero attached hydrogens (tertiary/aromatic N) is 3. The molecular formula is C22H31N3O3S. The summed E-state index contributed by atoms with van der Waals surface area (Å²) in [5, 5.41) is 2.03. The molecule has 1 aliphatic heterocycles. The average molecular weight is 418 g/mol. The lowest BCUT2D eigenvalue weighted by Crippen LogP contribution is -2.37. The monoisotopic (exact) mass is 417 g/mol. The molecule has 7 heteroatoms. The van der Waals surface area contributed by atoms with Gasteiger partial charge in [-0.1, -0.05) is 6.07 Å². The number of hydrogen-bond acceptors (Lipinski definition) is 6. The van der Waals surface area contributed by atoms with Gasteiger partial charge in [0.1, 0.15) is 0 Å². The van der Waals surface area contributed by atoms with Gasteiger partial charge in [-0.3, -0.25) is 9.69 Å². The van der Waals surface area contributed by atoms with E-state index in [1.165, 1.54) is 11.1 Å². The minimum Gasteiger partial charge on any atom is -0.466 e. The van der Waals surface area contributed by atoms with Gasteiger partial charge in [0.25, 0.3) is 0 Å². The Morgan fingerprint density at radius 1 is 1.21 bits per heavy atom. The lowest BCUT2D eigenvalue weighted by atomic mass is 10.1. The molecule has 0 radical (unpaired) electrons. The van der Waals surface area contributed by atoms with Crippen molar-refractivity contribution in [2.24, 2.45) is 4.99 Å². The van der Waals surface area contributed by atoms with E-state index < -0.39 is 0 Å². The van der Waals surface area contributed by atoms with Gasteiger partial charge in [-0.05, 0) is 50.5 Å². The van der Waals surface area contributed by atoms with Gasteiger partial charge in [-0.25, -0.2) is 4.99 Å². The molecule has 0 unspecified atom stereocenters. The number of rotatable bonds is 8. The third-order valence-electron chi connectivity index (χ3n) is 5.18. The minimum atomic E-state index is -0.190. The molecular weight excluding hydrogens is 386 g/mol. The fourth-order valence-corrected chi connectivity index (χ4v) is 4.32. The molecule has 0 saturated carbocycles. The van der Waals surface area contributed by atoms with Gasteiger partial charge in [-0.15, -0.1) is 11.3 Å². The molecule has 158 valence electrons. The standard InChI is InChI=1S/C22H31N3O3S/c1-4-28-21(26)15-20-16-29-22(23-19-7-6-17(2)18(3)14-19)25(20)9-5-8-24-10-12-27-13-11-24/h6-7,14,16H,4-5,8-13,15H2,1-3H3. The van der Waals surface area contributed by atoms with E-state index in [1.54, 1.807) is 11.3 Å². The SMILES string of the molecule is CCOC(=O)Cc1csc(=Nc2ccc(C)c(C)c2)n1CCCN1CCOCC1. The Morgan fingerprint density at radius 3 is 2.72 bits per heavy atom. The molecule has 0 aliphatic carbocycles. The first-order valence-corrected chi connectivity index (χ1v) is 11.2. The predicted molar refractivity (Wildman–Crippen MR) is 116 cm³/mol. The van der Waals surface area contributed by atoms with E-state index in [1.807, 2.05) is 18.4 Å². The van der Waals surface area contributed by atoms with E-state index in [9.17, 15) is 4.79 Å². The van der Waals surface area contributed by atoms with Crippen LogP contribution in [-0.4, -0.2) is 54.9 Å². The van der Waals surface area contributed by atoms with Crippen molar-refractivity contribution in [2.45, 2.75) is 40.2 Å². The number of hydrogen-bond donors (Lipinski definition) is 0. The summed E-state index contributed by atoms with van der Waals surface area (Å²) in [6, 6.07) is 6.26. The van der Waals surface area contributed by atoms with E-state index in [0.29, 0.717) is 6.61 Å². The molecule has 0 amide bonds. The van der Waals surface area contributed by atoms with Crippen LogP contribution in [0.5, 0.6) is 0 Å². The highest BCUT2D eigenvalue weighted by molar-refractivity contribution is 7.07. The predicted octanol–water partition coefficient (Wildman–Crippen LogP) is 3.23. The molecule has 1 saturated heterocycles. The molecule has 6 nitrogen and oxygen atoms in total. The van der Waals surface area contributed by atoms with Crippen LogP contribution in [-0.2, 0) is 27.2 Å². The van der Waals surface area contributed by atoms with Crippen LogP contribution in [0.15, 0.2) is 28.6 Å². The molecule has 2 heterocycles. The first-order valence-electron chi connectivity index (χ1n) is 10.3. The zero-order valence-electron chi connectivity index (χ0n) is 17.6. The molecule has 0 N–H and O–H groups in total.